The molecule has 4 rings (SSSR count). The van der Waals surface area contributed by atoms with E-state index in [2.05, 4.69) is 10.6 Å². The summed E-state index contributed by atoms with van der Waals surface area (Å²) >= 11 is 5.81. The van der Waals surface area contributed by atoms with Crippen LogP contribution < -0.4 is 20.1 Å². The Balaban J connectivity index is 1.65. The van der Waals surface area contributed by atoms with Crippen molar-refractivity contribution in [1.29, 1.82) is 0 Å². The molecule has 3 aromatic carbocycles. The third-order valence-corrected chi connectivity index (χ3v) is 6.20. The van der Waals surface area contributed by atoms with E-state index in [0.717, 1.165) is 11.0 Å². The summed E-state index contributed by atoms with van der Waals surface area (Å²) in [4.78, 5) is 50.8. The maximum atomic E-state index is 13.8. The van der Waals surface area contributed by atoms with E-state index in [0.29, 0.717) is 22.6 Å². The maximum absolute atomic E-state index is 13.8. The molecule has 0 bridgehead atoms. The minimum absolute atomic E-state index is 0.0877. The number of amides is 4. The van der Waals surface area contributed by atoms with E-state index >= 15 is 0 Å². The van der Waals surface area contributed by atoms with E-state index in [1.165, 1.54) is 26.4 Å². The Kier molecular flexibility index (Phi) is 6.98. The van der Waals surface area contributed by atoms with Crippen molar-refractivity contribution in [3.63, 3.8) is 0 Å². The lowest BCUT2D eigenvalue weighted by atomic mass is 9.82. The minimum atomic E-state index is -1.62. The van der Waals surface area contributed by atoms with Gasteiger partial charge in [-0.25, -0.2) is 4.79 Å². The van der Waals surface area contributed by atoms with Crippen LogP contribution in [0.5, 0.6) is 11.5 Å². The molecule has 0 unspecified atom stereocenters. The molecule has 37 heavy (non-hydrogen) atoms. The lowest BCUT2D eigenvalue weighted by Gasteiger charge is -2.28. The van der Waals surface area contributed by atoms with Crippen LogP contribution in [0.25, 0.3) is 0 Å². The summed E-state index contributed by atoms with van der Waals surface area (Å²) in [6.07, 6.45) is 0. The standard InChI is InChI=1S/C25H21ClN4O7/c1-36-18-8-3-15(4-9-18)25(16-5-10-19(37-2)11-6-16)23(32)29(24(33)28-25)14-22(31)27-17-7-12-20(26)21(13-17)30(34)35/h3-13H,14H2,1-2H3,(H,27,31)(H,28,33). The van der Waals surface area contributed by atoms with E-state index in [1.54, 1.807) is 48.5 Å². The van der Waals surface area contributed by atoms with Gasteiger partial charge in [-0.15, -0.1) is 0 Å². The molecular weight excluding hydrogens is 504 g/mol. The fourth-order valence-electron chi connectivity index (χ4n) is 4.03. The van der Waals surface area contributed by atoms with Gasteiger partial charge in [0.25, 0.3) is 11.6 Å². The van der Waals surface area contributed by atoms with Gasteiger partial charge in [-0.2, -0.15) is 0 Å². The number of ether oxygens (including phenoxy) is 2. The quantitative estimate of drug-likeness (QED) is 0.260. The molecule has 0 spiro atoms. The molecule has 1 heterocycles. The van der Waals surface area contributed by atoms with Crippen molar-refractivity contribution in [2.24, 2.45) is 0 Å². The van der Waals surface area contributed by atoms with Crippen molar-refractivity contribution >= 4 is 40.8 Å². The molecular formula is C25H21ClN4O7. The van der Waals surface area contributed by atoms with Gasteiger partial charge in [0, 0.05) is 11.8 Å². The van der Waals surface area contributed by atoms with Crippen molar-refractivity contribution in [1.82, 2.24) is 10.2 Å². The molecule has 1 aliphatic heterocycles. The second-order valence-corrected chi connectivity index (χ2v) is 8.41. The number of halogens is 1. The summed E-state index contributed by atoms with van der Waals surface area (Å²) in [7, 11) is 3.01. The highest BCUT2D eigenvalue weighted by Gasteiger charge is 2.54. The van der Waals surface area contributed by atoms with Crippen LogP contribution in [0, 0.1) is 10.1 Å². The first-order valence-corrected chi connectivity index (χ1v) is 11.2. The van der Waals surface area contributed by atoms with Crippen LogP contribution in [0.2, 0.25) is 5.02 Å². The summed E-state index contributed by atoms with van der Waals surface area (Å²) in [6.45, 7) is -0.630. The molecule has 190 valence electrons. The highest BCUT2D eigenvalue weighted by Crippen LogP contribution is 2.37. The van der Waals surface area contributed by atoms with Crippen molar-refractivity contribution in [3.05, 3.63) is 93.0 Å². The Hall–Kier alpha value is -4.64. The number of nitrogens with one attached hydrogen (secondary N) is 2. The zero-order chi connectivity index (χ0) is 26.7. The number of rotatable bonds is 8. The summed E-state index contributed by atoms with van der Waals surface area (Å²) < 4.78 is 10.4. The monoisotopic (exact) mass is 524 g/mol. The van der Waals surface area contributed by atoms with Gasteiger partial charge in [0.15, 0.2) is 5.54 Å². The summed E-state index contributed by atoms with van der Waals surface area (Å²) in [6, 6.07) is 16.2. The maximum Gasteiger partial charge on any atom is 0.326 e. The molecule has 4 amide bonds. The predicted octanol–water partition coefficient (Wildman–Crippen LogP) is 3.70. The molecule has 0 aromatic heterocycles. The number of anilines is 1. The lowest BCUT2D eigenvalue weighted by Crippen LogP contribution is -2.45. The molecule has 1 saturated heterocycles. The molecule has 2 N–H and O–H groups in total. The number of methoxy groups -OCH3 is 2. The van der Waals surface area contributed by atoms with Crippen LogP contribution in [0.1, 0.15) is 11.1 Å². The van der Waals surface area contributed by atoms with E-state index in [-0.39, 0.29) is 10.7 Å². The van der Waals surface area contributed by atoms with Crippen molar-refractivity contribution < 1.29 is 28.8 Å². The number of nitrogens with zero attached hydrogens (tertiary/aromatic N) is 2. The zero-order valence-electron chi connectivity index (χ0n) is 19.7. The Morgan fingerprint density at radius 1 is 1.00 bits per heavy atom. The second-order valence-electron chi connectivity index (χ2n) is 8.00. The first-order valence-electron chi connectivity index (χ1n) is 10.9. The molecule has 0 atom stereocenters. The molecule has 0 saturated carbocycles. The fourth-order valence-corrected chi connectivity index (χ4v) is 4.22. The van der Waals surface area contributed by atoms with Crippen molar-refractivity contribution in [2.75, 3.05) is 26.1 Å². The average molecular weight is 525 g/mol. The summed E-state index contributed by atoms with van der Waals surface area (Å²) in [5.41, 5.74) is -1.02. The topological polar surface area (TPSA) is 140 Å². The number of imide groups is 1. The lowest BCUT2D eigenvalue weighted by molar-refractivity contribution is -0.384. The van der Waals surface area contributed by atoms with E-state index in [1.807, 2.05) is 0 Å². The largest absolute Gasteiger partial charge is 0.497 e. The van der Waals surface area contributed by atoms with E-state index in [9.17, 15) is 24.5 Å². The van der Waals surface area contributed by atoms with Gasteiger partial charge in [-0.3, -0.25) is 24.6 Å². The van der Waals surface area contributed by atoms with Crippen LogP contribution in [0.15, 0.2) is 66.7 Å². The fraction of sp³-hybridized carbons (Fsp3) is 0.160. The third kappa shape index (κ3) is 4.76. The van der Waals surface area contributed by atoms with Crippen molar-refractivity contribution in [2.45, 2.75) is 5.54 Å². The van der Waals surface area contributed by atoms with Gasteiger partial charge >= 0.3 is 6.03 Å². The first kappa shape index (κ1) is 25.5. The molecule has 1 fully saturated rings. The summed E-state index contributed by atoms with van der Waals surface area (Å²) in [5.74, 6) is -0.303. The molecule has 12 heteroatoms. The van der Waals surface area contributed by atoms with Gasteiger partial charge in [0.2, 0.25) is 5.91 Å². The highest BCUT2D eigenvalue weighted by molar-refractivity contribution is 6.32. The van der Waals surface area contributed by atoms with Gasteiger partial charge in [-0.05, 0) is 47.5 Å². The molecule has 11 nitrogen and oxygen atoms in total. The smallest absolute Gasteiger partial charge is 0.326 e. The number of urea groups is 1. The second kappa shape index (κ2) is 10.2. The van der Waals surface area contributed by atoms with Crippen LogP contribution in [0.3, 0.4) is 0 Å². The predicted molar refractivity (Wildman–Crippen MR) is 134 cm³/mol. The number of carbonyl (C=O) groups excluding carboxylic acids is 3. The Labute approximate surface area is 216 Å². The number of benzene rings is 3. The number of hydrogen-bond acceptors (Lipinski definition) is 7. The summed E-state index contributed by atoms with van der Waals surface area (Å²) in [5, 5.41) is 16.2. The Morgan fingerprint density at radius 3 is 2.03 bits per heavy atom. The molecule has 0 radical (unpaired) electrons. The van der Waals surface area contributed by atoms with E-state index in [4.69, 9.17) is 21.1 Å². The number of carbonyl (C=O) groups is 3. The minimum Gasteiger partial charge on any atom is -0.497 e. The van der Waals surface area contributed by atoms with E-state index < -0.39 is 40.5 Å². The van der Waals surface area contributed by atoms with Gasteiger partial charge in [0.1, 0.15) is 23.1 Å². The van der Waals surface area contributed by atoms with Gasteiger partial charge < -0.3 is 20.1 Å². The normalized spacial score (nSPS) is 14.2. The Morgan fingerprint density at radius 2 is 1.54 bits per heavy atom. The number of nitro benzene ring substituents is 1. The SMILES string of the molecule is COc1ccc(C2(c3ccc(OC)cc3)NC(=O)N(CC(=O)Nc3ccc(Cl)c([N+](=O)[O-])c3)C2=O)cc1. The highest BCUT2D eigenvalue weighted by atomic mass is 35.5. The van der Waals surface area contributed by atoms with Crippen molar-refractivity contribution in [3.8, 4) is 11.5 Å². The number of hydrogen-bond donors (Lipinski definition) is 2. The Bertz CT molecular complexity index is 1330. The van der Waals surface area contributed by atoms with Gasteiger partial charge in [-0.1, -0.05) is 35.9 Å². The third-order valence-electron chi connectivity index (χ3n) is 5.88. The van der Waals surface area contributed by atoms with Crippen LogP contribution in [0.4, 0.5) is 16.2 Å². The molecule has 3 aromatic rings. The first-order chi connectivity index (χ1) is 17.7. The van der Waals surface area contributed by atoms with Crippen LogP contribution in [-0.2, 0) is 15.1 Å². The van der Waals surface area contributed by atoms with Crippen LogP contribution >= 0.6 is 11.6 Å². The molecule has 0 aliphatic carbocycles. The van der Waals surface area contributed by atoms with Crippen LogP contribution in [-0.4, -0.2) is 48.4 Å². The zero-order valence-corrected chi connectivity index (χ0v) is 20.4. The average Bonchev–Trinajstić information content (AvgIpc) is 3.15. The molecule has 1 aliphatic rings. The number of nitro groups is 1. The van der Waals surface area contributed by atoms with Gasteiger partial charge in [0.05, 0.1) is 19.1 Å².